The standard InChI is InChI=1S/C14H11ClN2S/c15-12-7-10(8-16)1-2-13(12)17-5-3-14-11(9-17)4-6-18-14/h1-2,4,6-7H,3,5,9H2. The minimum absolute atomic E-state index is 0.608. The Morgan fingerprint density at radius 3 is 3.00 bits per heavy atom. The second kappa shape index (κ2) is 4.64. The lowest BCUT2D eigenvalue weighted by Gasteiger charge is -2.29. The lowest BCUT2D eigenvalue weighted by Crippen LogP contribution is -2.29. The number of nitrogens with zero attached hydrogens (tertiary/aromatic N) is 2. The van der Waals surface area contributed by atoms with Crippen molar-refractivity contribution in [1.29, 1.82) is 5.26 Å². The van der Waals surface area contributed by atoms with E-state index in [2.05, 4.69) is 22.4 Å². The summed E-state index contributed by atoms with van der Waals surface area (Å²) in [5.74, 6) is 0. The highest BCUT2D eigenvalue weighted by Gasteiger charge is 2.19. The van der Waals surface area contributed by atoms with Crippen LogP contribution in [0, 0.1) is 11.3 Å². The molecule has 0 fully saturated rings. The van der Waals surface area contributed by atoms with Crippen molar-refractivity contribution in [2.24, 2.45) is 0 Å². The van der Waals surface area contributed by atoms with Gasteiger partial charge in [-0.2, -0.15) is 5.26 Å². The van der Waals surface area contributed by atoms with Crippen LogP contribution in [0.2, 0.25) is 5.02 Å². The van der Waals surface area contributed by atoms with Crippen molar-refractivity contribution in [3.05, 3.63) is 50.7 Å². The van der Waals surface area contributed by atoms with Gasteiger partial charge in [-0.1, -0.05) is 11.6 Å². The van der Waals surface area contributed by atoms with Gasteiger partial charge in [-0.15, -0.1) is 11.3 Å². The smallest absolute Gasteiger partial charge is 0.0992 e. The number of hydrogen-bond acceptors (Lipinski definition) is 3. The zero-order chi connectivity index (χ0) is 12.5. The van der Waals surface area contributed by atoms with Crippen LogP contribution in [0.1, 0.15) is 16.0 Å². The Bertz CT molecular complexity index is 627. The molecule has 4 heteroatoms. The Hall–Kier alpha value is -1.50. The van der Waals surface area contributed by atoms with Crippen LogP contribution in [0.5, 0.6) is 0 Å². The molecule has 18 heavy (non-hydrogen) atoms. The number of anilines is 1. The molecule has 2 aromatic rings. The van der Waals surface area contributed by atoms with Gasteiger partial charge >= 0.3 is 0 Å². The van der Waals surface area contributed by atoms with E-state index in [1.165, 1.54) is 10.4 Å². The maximum Gasteiger partial charge on any atom is 0.0992 e. The van der Waals surface area contributed by atoms with E-state index in [0.717, 1.165) is 25.2 Å². The third kappa shape index (κ3) is 1.98. The van der Waals surface area contributed by atoms with Gasteiger partial charge in [0, 0.05) is 18.0 Å². The van der Waals surface area contributed by atoms with Crippen molar-refractivity contribution < 1.29 is 0 Å². The van der Waals surface area contributed by atoms with Gasteiger partial charge in [-0.25, -0.2) is 0 Å². The van der Waals surface area contributed by atoms with Gasteiger partial charge in [0.05, 0.1) is 22.3 Å². The topological polar surface area (TPSA) is 27.0 Å². The number of fused-ring (bicyclic) bond motifs is 1. The predicted molar refractivity (Wildman–Crippen MR) is 75.2 cm³/mol. The van der Waals surface area contributed by atoms with Crippen molar-refractivity contribution in [3.63, 3.8) is 0 Å². The molecule has 0 atom stereocenters. The summed E-state index contributed by atoms with van der Waals surface area (Å²) in [5, 5.41) is 11.7. The third-order valence-corrected chi connectivity index (χ3v) is 4.55. The van der Waals surface area contributed by atoms with E-state index < -0.39 is 0 Å². The highest BCUT2D eigenvalue weighted by atomic mass is 35.5. The van der Waals surface area contributed by atoms with Crippen molar-refractivity contribution >= 4 is 28.6 Å². The van der Waals surface area contributed by atoms with Gasteiger partial charge in [0.25, 0.3) is 0 Å². The summed E-state index contributed by atoms with van der Waals surface area (Å²) < 4.78 is 0. The first-order valence-electron chi connectivity index (χ1n) is 5.78. The molecule has 90 valence electrons. The fourth-order valence-electron chi connectivity index (χ4n) is 2.29. The quantitative estimate of drug-likeness (QED) is 0.790. The van der Waals surface area contributed by atoms with Gasteiger partial charge in [0.1, 0.15) is 0 Å². The molecular weight excluding hydrogens is 264 g/mol. The van der Waals surface area contributed by atoms with Crippen molar-refractivity contribution in [3.8, 4) is 6.07 Å². The van der Waals surface area contributed by atoms with Crippen molar-refractivity contribution in [1.82, 2.24) is 0 Å². The van der Waals surface area contributed by atoms with Gasteiger partial charge in [-0.05, 0) is 41.6 Å². The summed E-state index contributed by atoms with van der Waals surface area (Å²) in [7, 11) is 0. The number of halogens is 1. The highest BCUT2D eigenvalue weighted by Crippen LogP contribution is 2.32. The summed E-state index contributed by atoms with van der Waals surface area (Å²) in [6, 6.07) is 9.79. The molecule has 2 heterocycles. The molecule has 0 radical (unpaired) electrons. The molecule has 0 unspecified atom stereocenters. The Kier molecular flexibility index (Phi) is 2.99. The zero-order valence-corrected chi connectivity index (χ0v) is 11.3. The molecule has 3 rings (SSSR count). The number of benzene rings is 1. The van der Waals surface area contributed by atoms with E-state index in [0.29, 0.717) is 10.6 Å². The molecule has 1 aliphatic rings. The van der Waals surface area contributed by atoms with E-state index in [-0.39, 0.29) is 0 Å². The molecule has 0 bridgehead atoms. The SMILES string of the molecule is N#Cc1ccc(N2CCc3sccc3C2)c(Cl)c1. The molecule has 0 saturated heterocycles. The lowest BCUT2D eigenvalue weighted by molar-refractivity contribution is 0.744. The van der Waals surface area contributed by atoms with Crippen LogP contribution in [0.4, 0.5) is 5.69 Å². The van der Waals surface area contributed by atoms with Crippen LogP contribution in [0.15, 0.2) is 29.6 Å². The monoisotopic (exact) mass is 274 g/mol. The van der Waals surface area contributed by atoms with E-state index in [1.54, 1.807) is 6.07 Å². The molecule has 2 nitrogen and oxygen atoms in total. The van der Waals surface area contributed by atoms with Crippen molar-refractivity contribution in [2.45, 2.75) is 13.0 Å². The van der Waals surface area contributed by atoms with E-state index >= 15 is 0 Å². The van der Waals surface area contributed by atoms with Crippen LogP contribution in [-0.2, 0) is 13.0 Å². The summed E-state index contributed by atoms with van der Waals surface area (Å²) in [5.41, 5.74) is 3.02. The third-order valence-electron chi connectivity index (χ3n) is 3.23. The lowest BCUT2D eigenvalue weighted by atomic mass is 10.1. The first kappa shape index (κ1) is 11.6. The van der Waals surface area contributed by atoms with Gasteiger partial charge in [-0.3, -0.25) is 0 Å². The average Bonchev–Trinajstić information content (AvgIpc) is 2.85. The summed E-state index contributed by atoms with van der Waals surface area (Å²) >= 11 is 8.08. The van der Waals surface area contributed by atoms with Gasteiger partial charge < -0.3 is 4.90 Å². The maximum absolute atomic E-state index is 8.84. The number of thiophene rings is 1. The first-order valence-corrected chi connectivity index (χ1v) is 7.03. The van der Waals surface area contributed by atoms with Gasteiger partial charge in [0.2, 0.25) is 0 Å². The average molecular weight is 275 g/mol. The Balaban J connectivity index is 1.91. The van der Waals surface area contributed by atoms with E-state index in [1.807, 2.05) is 23.5 Å². The first-order chi connectivity index (χ1) is 8.78. The molecular formula is C14H11ClN2S. The predicted octanol–water partition coefficient (Wildman–Crippen LogP) is 3.84. The molecule has 0 saturated carbocycles. The number of rotatable bonds is 1. The van der Waals surface area contributed by atoms with Crippen LogP contribution in [-0.4, -0.2) is 6.54 Å². The molecule has 1 aliphatic heterocycles. The molecule has 1 aromatic heterocycles. The fourth-order valence-corrected chi connectivity index (χ4v) is 3.48. The maximum atomic E-state index is 8.84. The second-order valence-corrected chi connectivity index (χ2v) is 5.73. The zero-order valence-electron chi connectivity index (χ0n) is 9.69. The minimum atomic E-state index is 0.608. The highest BCUT2D eigenvalue weighted by molar-refractivity contribution is 7.10. The van der Waals surface area contributed by atoms with Gasteiger partial charge in [0.15, 0.2) is 0 Å². The molecule has 0 aliphatic carbocycles. The van der Waals surface area contributed by atoms with E-state index in [9.17, 15) is 0 Å². The Morgan fingerprint density at radius 1 is 1.33 bits per heavy atom. The Morgan fingerprint density at radius 2 is 2.22 bits per heavy atom. The normalized spacial score (nSPS) is 14.1. The Labute approximate surface area is 115 Å². The minimum Gasteiger partial charge on any atom is -0.366 e. The molecule has 0 N–H and O–H groups in total. The molecule has 0 spiro atoms. The summed E-state index contributed by atoms with van der Waals surface area (Å²) in [6.45, 7) is 1.89. The summed E-state index contributed by atoms with van der Waals surface area (Å²) in [6.07, 6.45) is 1.07. The van der Waals surface area contributed by atoms with Crippen LogP contribution in [0.25, 0.3) is 0 Å². The fraction of sp³-hybridized carbons (Fsp3) is 0.214. The number of nitriles is 1. The van der Waals surface area contributed by atoms with Crippen LogP contribution in [0.3, 0.4) is 0 Å². The molecule has 0 amide bonds. The van der Waals surface area contributed by atoms with E-state index in [4.69, 9.17) is 16.9 Å². The largest absolute Gasteiger partial charge is 0.366 e. The number of hydrogen-bond donors (Lipinski definition) is 0. The van der Waals surface area contributed by atoms with Crippen LogP contribution >= 0.6 is 22.9 Å². The molecule has 1 aromatic carbocycles. The van der Waals surface area contributed by atoms with Crippen LogP contribution < -0.4 is 4.90 Å². The second-order valence-electron chi connectivity index (χ2n) is 4.32. The summed E-state index contributed by atoms with van der Waals surface area (Å²) in [4.78, 5) is 3.76. The van der Waals surface area contributed by atoms with Crippen molar-refractivity contribution in [2.75, 3.05) is 11.4 Å².